The quantitative estimate of drug-likeness (QED) is 0.874. The molecule has 0 bridgehead atoms. The van der Waals surface area contributed by atoms with Crippen LogP contribution < -0.4 is 5.32 Å². The lowest BCUT2D eigenvalue weighted by Gasteiger charge is -2.29. The summed E-state index contributed by atoms with van der Waals surface area (Å²) in [5.74, 6) is 2.97. The van der Waals surface area contributed by atoms with Crippen molar-refractivity contribution in [1.82, 2.24) is 20.1 Å². The molecule has 4 heteroatoms. The highest BCUT2D eigenvalue weighted by molar-refractivity contribution is 5.06. The molecule has 3 rings (SSSR count). The van der Waals surface area contributed by atoms with Gasteiger partial charge in [0.1, 0.15) is 11.6 Å². The Morgan fingerprint density at radius 1 is 1.17 bits per heavy atom. The van der Waals surface area contributed by atoms with Crippen molar-refractivity contribution in [3.05, 3.63) is 11.6 Å². The van der Waals surface area contributed by atoms with Crippen molar-refractivity contribution in [3.8, 4) is 0 Å². The Kier molecular flexibility index (Phi) is 3.37. The van der Waals surface area contributed by atoms with Crippen molar-refractivity contribution in [1.29, 1.82) is 0 Å². The van der Waals surface area contributed by atoms with E-state index >= 15 is 0 Å². The largest absolute Gasteiger partial charge is 0.314 e. The van der Waals surface area contributed by atoms with Gasteiger partial charge in [-0.1, -0.05) is 12.8 Å². The highest BCUT2D eigenvalue weighted by atomic mass is 15.3. The first kappa shape index (κ1) is 12.2. The van der Waals surface area contributed by atoms with Crippen molar-refractivity contribution in [2.75, 3.05) is 6.54 Å². The topological polar surface area (TPSA) is 42.7 Å². The third-order valence-corrected chi connectivity index (χ3v) is 4.57. The van der Waals surface area contributed by atoms with Gasteiger partial charge in [-0.2, -0.15) is 0 Å². The molecule has 1 aliphatic carbocycles. The Bertz CT molecular complexity index is 406. The first-order chi connectivity index (χ1) is 8.75. The van der Waals surface area contributed by atoms with E-state index in [-0.39, 0.29) is 0 Å². The van der Waals surface area contributed by atoms with E-state index in [1.54, 1.807) is 0 Å². The fourth-order valence-corrected chi connectivity index (χ4v) is 3.64. The Morgan fingerprint density at radius 3 is 2.67 bits per heavy atom. The Labute approximate surface area is 109 Å². The molecule has 1 N–H and O–H groups in total. The van der Waals surface area contributed by atoms with Gasteiger partial charge in [-0.3, -0.25) is 0 Å². The average molecular weight is 248 g/mol. The van der Waals surface area contributed by atoms with Gasteiger partial charge in [0, 0.05) is 18.0 Å². The summed E-state index contributed by atoms with van der Waals surface area (Å²) >= 11 is 0. The summed E-state index contributed by atoms with van der Waals surface area (Å²) in [6.07, 6.45) is 7.76. The van der Waals surface area contributed by atoms with E-state index in [0.29, 0.717) is 18.0 Å². The molecule has 1 aliphatic heterocycles. The average Bonchev–Trinajstić information content (AvgIpc) is 2.97. The van der Waals surface area contributed by atoms with Crippen LogP contribution in [0.4, 0.5) is 0 Å². The molecule has 2 heterocycles. The molecule has 2 unspecified atom stereocenters. The summed E-state index contributed by atoms with van der Waals surface area (Å²) in [7, 11) is 0. The minimum absolute atomic E-state index is 0.600. The van der Waals surface area contributed by atoms with E-state index in [1.165, 1.54) is 44.3 Å². The van der Waals surface area contributed by atoms with E-state index in [2.05, 4.69) is 33.9 Å². The van der Waals surface area contributed by atoms with Gasteiger partial charge in [-0.15, -0.1) is 10.2 Å². The molecule has 0 radical (unpaired) electrons. The van der Waals surface area contributed by atoms with Gasteiger partial charge in [0.2, 0.25) is 0 Å². The lowest BCUT2D eigenvalue weighted by atomic mass is 9.92. The molecular formula is C14H24N4. The molecule has 0 aromatic carbocycles. The molecule has 2 atom stereocenters. The first-order valence-corrected chi connectivity index (χ1v) is 7.40. The van der Waals surface area contributed by atoms with Gasteiger partial charge < -0.3 is 9.88 Å². The number of hydrogen-bond donors (Lipinski definition) is 1. The van der Waals surface area contributed by atoms with Gasteiger partial charge in [0.25, 0.3) is 0 Å². The number of piperidine rings is 1. The lowest BCUT2D eigenvalue weighted by Crippen LogP contribution is -2.36. The minimum atomic E-state index is 0.600. The summed E-state index contributed by atoms with van der Waals surface area (Å²) in [6, 6.07) is 1.28. The molecule has 0 spiro atoms. The van der Waals surface area contributed by atoms with Crippen LogP contribution in [0.3, 0.4) is 0 Å². The highest BCUT2D eigenvalue weighted by Crippen LogP contribution is 2.35. The number of rotatable bonds is 2. The minimum Gasteiger partial charge on any atom is -0.314 e. The van der Waals surface area contributed by atoms with Gasteiger partial charge in [-0.25, -0.2) is 0 Å². The van der Waals surface area contributed by atoms with Crippen LogP contribution in [0.15, 0.2) is 0 Å². The van der Waals surface area contributed by atoms with E-state index in [1.807, 2.05) is 0 Å². The highest BCUT2D eigenvalue weighted by Gasteiger charge is 2.29. The molecule has 1 saturated carbocycles. The molecule has 0 amide bonds. The van der Waals surface area contributed by atoms with E-state index < -0.39 is 0 Å². The van der Waals surface area contributed by atoms with Crippen LogP contribution in [0.1, 0.15) is 69.1 Å². The van der Waals surface area contributed by atoms with Crippen LogP contribution in [0, 0.1) is 6.92 Å². The van der Waals surface area contributed by atoms with E-state index in [9.17, 15) is 0 Å². The third kappa shape index (κ3) is 2.18. The summed E-state index contributed by atoms with van der Waals surface area (Å²) < 4.78 is 2.45. The zero-order valence-electron chi connectivity index (χ0n) is 11.5. The maximum absolute atomic E-state index is 4.50. The van der Waals surface area contributed by atoms with Gasteiger partial charge in [0.15, 0.2) is 0 Å². The summed E-state index contributed by atoms with van der Waals surface area (Å²) in [4.78, 5) is 0. The number of aromatic nitrogens is 3. The van der Waals surface area contributed by atoms with Gasteiger partial charge in [0.05, 0.1) is 0 Å². The molecule has 1 aromatic rings. The molecular weight excluding hydrogens is 224 g/mol. The second-order valence-electron chi connectivity index (χ2n) is 5.99. The Balaban J connectivity index is 1.86. The monoisotopic (exact) mass is 248 g/mol. The van der Waals surface area contributed by atoms with Crippen LogP contribution >= 0.6 is 0 Å². The summed E-state index contributed by atoms with van der Waals surface area (Å²) in [5, 5.41) is 12.4. The molecule has 1 aromatic heterocycles. The van der Waals surface area contributed by atoms with Gasteiger partial charge in [-0.05, 0) is 46.1 Å². The van der Waals surface area contributed by atoms with Crippen LogP contribution in [0.5, 0.6) is 0 Å². The first-order valence-electron chi connectivity index (χ1n) is 7.40. The van der Waals surface area contributed by atoms with Crippen molar-refractivity contribution in [2.24, 2.45) is 0 Å². The predicted molar refractivity (Wildman–Crippen MR) is 71.7 cm³/mol. The smallest absolute Gasteiger partial charge is 0.136 e. The summed E-state index contributed by atoms with van der Waals surface area (Å²) in [5.41, 5.74) is 0. The maximum Gasteiger partial charge on any atom is 0.136 e. The lowest BCUT2D eigenvalue weighted by molar-refractivity contribution is 0.352. The number of aryl methyl sites for hydroxylation is 1. The standard InChI is InChI=1S/C14H24N4/c1-10-9-12(7-8-15-10)14-17-16-11(2)18(14)13-5-3-4-6-13/h10,12-13,15H,3-9H2,1-2H3. The van der Waals surface area contributed by atoms with Crippen molar-refractivity contribution in [3.63, 3.8) is 0 Å². The van der Waals surface area contributed by atoms with Crippen LogP contribution in [-0.4, -0.2) is 27.4 Å². The normalized spacial score (nSPS) is 29.9. The van der Waals surface area contributed by atoms with Crippen LogP contribution in [0.2, 0.25) is 0 Å². The number of hydrogen-bond acceptors (Lipinski definition) is 3. The van der Waals surface area contributed by atoms with Crippen molar-refractivity contribution in [2.45, 2.75) is 70.4 Å². The molecule has 1 saturated heterocycles. The molecule has 4 nitrogen and oxygen atoms in total. The molecule has 2 fully saturated rings. The third-order valence-electron chi connectivity index (χ3n) is 4.57. The fraction of sp³-hybridized carbons (Fsp3) is 0.857. The second-order valence-corrected chi connectivity index (χ2v) is 5.99. The van der Waals surface area contributed by atoms with E-state index in [0.717, 1.165) is 12.4 Å². The van der Waals surface area contributed by atoms with Crippen LogP contribution in [-0.2, 0) is 0 Å². The van der Waals surface area contributed by atoms with Crippen LogP contribution in [0.25, 0.3) is 0 Å². The number of nitrogens with one attached hydrogen (secondary N) is 1. The Hall–Kier alpha value is -0.900. The SMILES string of the molecule is Cc1nnc(C2CCNC(C)C2)n1C1CCCC1. The molecule has 2 aliphatic rings. The van der Waals surface area contributed by atoms with Crippen molar-refractivity contribution < 1.29 is 0 Å². The zero-order chi connectivity index (χ0) is 12.5. The Morgan fingerprint density at radius 2 is 1.94 bits per heavy atom. The predicted octanol–water partition coefficient (Wildman–Crippen LogP) is 2.56. The fourth-order valence-electron chi connectivity index (χ4n) is 3.64. The molecule has 18 heavy (non-hydrogen) atoms. The zero-order valence-corrected chi connectivity index (χ0v) is 11.5. The second kappa shape index (κ2) is 5.00. The van der Waals surface area contributed by atoms with Crippen molar-refractivity contribution >= 4 is 0 Å². The number of nitrogens with zero attached hydrogens (tertiary/aromatic N) is 3. The van der Waals surface area contributed by atoms with Gasteiger partial charge >= 0.3 is 0 Å². The van der Waals surface area contributed by atoms with E-state index in [4.69, 9.17) is 0 Å². The summed E-state index contributed by atoms with van der Waals surface area (Å²) in [6.45, 7) is 5.50. The molecule has 100 valence electrons. The maximum atomic E-state index is 4.50.